The Hall–Kier alpha value is -1.51. The van der Waals surface area contributed by atoms with Crippen molar-refractivity contribution in [3.63, 3.8) is 0 Å². The van der Waals surface area contributed by atoms with E-state index in [0.717, 1.165) is 23.7 Å². The highest BCUT2D eigenvalue weighted by molar-refractivity contribution is 5.94. The van der Waals surface area contributed by atoms with Gasteiger partial charge in [-0.1, -0.05) is 24.5 Å². The molecule has 1 aliphatic carbocycles. The van der Waals surface area contributed by atoms with Crippen molar-refractivity contribution in [1.29, 1.82) is 0 Å². The van der Waals surface area contributed by atoms with E-state index in [9.17, 15) is 9.90 Å². The van der Waals surface area contributed by atoms with Gasteiger partial charge in [0.25, 0.3) is 0 Å². The SMILES string of the molecule is Cc1ccc(N(C)CC2CCCC2)c(C(=O)O)c1. The van der Waals surface area contributed by atoms with E-state index in [-0.39, 0.29) is 0 Å². The molecule has 0 saturated heterocycles. The van der Waals surface area contributed by atoms with Crippen molar-refractivity contribution in [3.8, 4) is 0 Å². The molecule has 1 saturated carbocycles. The van der Waals surface area contributed by atoms with Crippen molar-refractivity contribution >= 4 is 11.7 Å². The van der Waals surface area contributed by atoms with Gasteiger partial charge in [-0.05, 0) is 37.8 Å². The first-order valence-electron chi connectivity index (χ1n) is 6.63. The maximum atomic E-state index is 11.3. The molecule has 0 heterocycles. The Labute approximate surface area is 108 Å². The molecule has 0 unspecified atom stereocenters. The first kappa shape index (κ1) is 12.9. The molecular formula is C15H21NO2. The van der Waals surface area contributed by atoms with E-state index in [1.54, 1.807) is 6.07 Å². The topological polar surface area (TPSA) is 40.5 Å². The number of rotatable bonds is 4. The highest BCUT2D eigenvalue weighted by Crippen LogP contribution is 2.28. The first-order valence-corrected chi connectivity index (χ1v) is 6.63. The van der Waals surface area contributed by atoms with E-state index >= 15 is 0 Å². The van der Waals surface area contributed by atoms with E-state index in [0.29, 0.717) is 5.56 Å². The molecule has 3 nitrogen and oxygen atoms in total. The molecule has 0 atom stereocenters. The Kier molecular flexibility index (Phi) is 3.90. The molecule has 0 spiro atoms. The lowest BCUT2D eigenvalue weighted by molar-refractivity contribution is 0.0697. The number of aryl methyl sites for hydroxylation is 1. The van der Waals surface area contributed by atoms with Crippen molar-refractivity contribution in [1.82, 2.24) is 0 Å². The van der Waals surface area contributed by atoms with Gasteiger partial charge in [-0.3, -0.25) is 0 Å². The van der Waals surface area contributed by atoms with Gasteiger partial charge in [-0.2, -0.15) is 0 Å². The Morgan fingerprint density at radius 2 is 2.06 bits per heavy atom. The summed E-state index contributed by atoms with van der Waals surface area (Å²) in [6.07, 6.45) is 5.19. The molecule has 3 heteroatoms. The van der Waals surface area contributed by atoms with Crippen molar-refractivity contribution in [2.75, 3.05) is 18.5 Å². The maximum Gasteiger partial charge on any atom is 0.337 e. The number of benzene rings is 1. The molecule has 1 fully saturated rings. The molecule has 18 heavy (non-hydrogen) atoms. The molecule has 1 aromatic rings. The number of anilines is 1. The summed E-state index contributed by atoms with van der Waals surface area (Å²) in [5.74, 6) is -0.120. The number of carboxylic acid groups (broad SMARTS) is 1. The molecule has 0 amide bonds. The van der Waals surface area contributed by atoms with Crippen LogP contribution in [0.15, 0.2) is 18.2 Å². The summed E-state index contributed by atoms with van der Waals surface area (Å²) in [4.78, 5) is 13.4. The van der Waals surface area contributed by atoms with Crippen LogP contribution in [0, 0.1) is 12.8 Å². The van der Waals surface area contributed by atoms with E-state index < -0.39 is 5.97 Å². The summed E-state index contributed by atoms with van der Waals surface area (Å²) < 4.78 is 0. The summed E-state index contributed by atoms with van der Waals surface area (Å²) in [6.45, 7) is 2.89. The summed E-state index contributed by atoms with van der Waals surface area (Å²) in [6, 6.07) is 5.66. The number of nitrogens with zero attached hydrogens (tertiary/aromatic N) is 1. The van der Waals surface area contributed by atoms with Crippen LogP contribution in [0.2, 0.25) is 0 Å². The van der Waals surface area contributed by atoms with E-state index in [1.807, 2.05) is 26.1 Å². The van der Waals surface area contributed by atoms with Gasteiger partial charge in [0.1, 0.15) is 0 Å². The third-order valence-electron chi connectivity index (χ3n) is 3.80. The summed E-state index contributed by atoms with van der Waals surface area (Å²) in [5.41, 5.74) is 2.24. The van der Waals surface area contributed by atoms with E-state index in [1.165, 1.54) is 25.7 Å². The smallest absolute Gasteiger partial charge is 0.337 e. The van der Waals surface area contributed by atoms with Crippen molar-refractivity contribution in [3.05, 3.63) is 29.3 Å². The molecule has 1 aliphatic rings. The Morgan fingerprint density at radius 3 is 2.67 bits per heavy atom. The van der Waals surface area contributed by atoms with Gasteiger partial charge in [-0.15, -0.1) is 0 Å². The highest BCUT2D eigenvalue weighted by Gasteiger charge is 2.19. The molecule has 2 rings (SSSR count). The summed E-state index contributed by atoms with van der Waals surface area (Å²) in [5, 5.41) is 9.27. The minimum atomic E-state index is -0.841. The predicted octanol–water partition coefficient (Wildman–Crippen LogP) is 3.32. The van der Waals surface area contributed by atoms with Crippen LogP contribution >= 0.6 is 0 Å². The second-order valence-electron chi connectivity index (χ2n) is 5.36. The van der Waals surface area contributed by atoms with Gasteiger partial charge in [0, 0.05) is 13.6 Å². The molecule has 1 aromatic carbocycles. The lowest BCUT2D eigenvalue weighted by Crippen LogP contribution is -2.25. The third kappa shape index (κ3) is 2.84. The first-order chi connectivity index (χ1) is 8.58. The standard InChI is InChI=1S/C15H21NO2/c1-11-7-8-14(13(9-11)15(17)18)16(2)10-12-5-3-4-6-12/h7-9,12H,3-6,10H2,1-2H3,(H,17,18). The lowest BCUT2D eigenvalue weighted by Gasteiger charge is -2.24. The fourth-order valence-electron chi connectivity index (χ4n) is 2.83. The second kappa shape index (κ2) is 5.42. The zero-order valence-corrected chi connectivity index (χ0v) is 11.1. The van der Waals surface area contributed by atoms with Gasteiger partial charge in [0.05, 0.1) is 11.3 Å². The Bertz CT molecular complexity index is 436. The normalized spacial score (nSPS) is 15.9. The minimum Gasteiger partial charge on any atom is -0.478 e. The van der Waals surface area contributed by atoms with Crippen LogP contribution in [-0.4, -0.2) is 24.7 Å². The molecule has 0 aromatic heterocycles. The largest absolute Gasteiger partial charge is 0.478 e. The fourth-order valence-corrected chi connectivity index (χ4v) is 2.83. The van der Waals surface area contributed by atoms with Crippen LogP contribution in [0.5, 0.6) is 0 Å². The maximum absolute atomic E-state index is 11.3. The van der Waals surface area contributed by atoms with Gasteiger partial charge >= 0.3 is 5.97 Å². The van der Waals surface area contributed by atoms with Gasteiger partial charge in [0.2, 0.25) is 0 Å². The van der Waals surface area contributed by atoms with Gasteiger partial charge < -0.3 is 10.0 Å². The summed E-state index contributed by atoms with van der Waals surface area (Å²) >= 11 is 0. The zero-order valence-electron chi connectivity index (χ0n) is 11.1. The molecule has 0 radical (unpaired) electrons. The number of hydrogen-bond donors (Lipinski definition) is 1. The Balaban J connectivity index is 2.17. The molecule has 0 bridgehead atoms. The van der Waals surface area contributed by atoms with Crippen molar-refractivity contribution in [2.24, 2.45) is 5.92 Å². The average molecular weight is 247 g/mol. The minimum absolute atomic E-state index is 0.412. The van der Waals surface area contributed by atoms with Crippen LogP contribution in [0.4, 0.5) is 5.69 Å². The predicted molar refractivity (Wildman–Crippen MR) is 73.4 cm³/mol. The number of carboxylic acids is 1. The van der Waals surface area contributed by atoms with Gasteiger partial charge in [-0.25, -0.2) is 4.79 Å². The van der Waals surface area contributed by atoms with E-state index in [2.05, 4.69) is 4.90 Å². The average Bonchev–Trinajstić information content (AvgIpc) is 2.81. The van der Waals surface area contributed by atoms with Crippen LogP contribution in [0.1, 0.15) is 41.6 Å². The number of aromatic carboxylic acids is 1. The quantitative estimate of drug-likeness (QED) is 0.887. The van der Waals surface area contributed by atoms with Crippen molar-refractivity contribution < 1.29 is 9.90 Å². The van der Waals surface area contributed by atoms with Crippen LogP contribution in [-0.2, 0) is 0 Å². The lowest BCUT2D eigenvalue weighted by atomic mass is 10.1. The van der Waals surface area contributed by atoms with E-state index in [4.69, 9.17) is 0 Å². The summed E-state index contributed by atoms with van der Waals surface area (Å²) in [7, 11) is 2.00. The second-order valence-corrected chi connectivity index (χ2v) is 5.36. The molecule has 0 aliphatic heterocycles. The van der Waals surface area contributed by atoms with Crippen LogP contribution in [0.25, 0.3) is 0 Å². The number of hydrogen-bond acceptors (Lipinski definition) is 2. The Morgan fingerprint density at radius 1 is 1.39 bits per heavy atom. The monoisotopic (exact) mass is 247 g/mol. The van der Waals surface area contributed by atoms with Crippen LogP contribution < -0.4 is 4.90 Å². The zero-order chi connectivity index (χ0) is 13.1. The van der Waals surface area contributed by atoms with Gasteiger partial charge in [0.15, 0.2) is 0 Å². The molecule has 1 N–H and O–H groups in total. The highest BCUT2D eigenvalue weighted by atomic mass is 16.4. The molecule has 98 valence electrons. The third-order valence-corrected chi connectivity index (χ3v) is 3.80. The molecular weight excluding hydrogens is 226 g/mol. The van der Waals surface area contributed by atoms with Crippen LogP contribution in [0.3, 0.4) is 0 Å². The van der Waals surface area contributed by atoms with Crippen molar-refractivity contribution in [2.45, 2.75) is 32.6 Å². The fraction of sp³-hybridized carbons (Fsp3) is 0.533. The number of carbonyl (C=O) groups is 1.